The van der Waals surface area contributed by atoms with Crippen molar-refractivity contribution >= 4 is 55.5 Å². The monoisotopic (exact) mass is 671 g/mol. The fourth-order valence-corrected chi connectivity index (χ4v) is 7.53. The second-order valence-corrected chi connectivity index (χ2v) is 13.4. The molecule has 4 nitrogen and oxygen atoms in total. The van der Waals surface area contributed by atoms with Gasteiger partial charge in [0.1, 0.15) is 17.0 Å². The number of hydrogen-bond donors (Lipinski definition) is 0. The molecule has 4 heteroatoms. The van der Waals surface area contributed by atoms with Crippen LogP contribution in [0.2, 0.25) is 0 Å². The molecular formula is C48H37N3O. The first kappa shape index (κ1) is 31.6. The van der Waals surface area contributed by atoms with Gasteiger partial charge in [0.25, 0.3) is 0 Å². The molecule has 5 aromatic carbocycles. The van der Waals surface area contributed by atoms with Crippen LogP contribution in [0.15, 0.2) is 157 Å². The zero-order chi connectivity index (χ0) is 34.9. The first-order valence-corrected chi connectivity index (χ1v) is 18.1. The Hall–Kier alpha value is -6.39. The summed E-state index contributed by atoms with van der Waals surface area (Å²) in [4.78, 5) is 15.6. The van der Waals surface area contributed by atoms with Gasteiger partial charge < -0.3 is 4.42 Å². The lowest BCUT2D eigenvalue weighted by Gasteiger charge is -2.20. The molecular weight excluding hydrogens is 635 g/mol. The van der Waals surface area contributed by atoms with Crippen molar-refractivity contribution in [1.82, 2.24) is 15.0 Å². The van der Waals surface area contributed by atoms with E-state index in [1.165, 1.54) is 27.5 Å². The highest BCUT2D eigenvalue weighted by Crippen LogP contribution is 2.43. The maximum Gasteiger partial charge on any atom is 0.165 e. The molecule has 0 atom stereocenters. The van der Waals surface area contributed by atoms with Crippen molar-refractivity contribution in [2.75, 3.05) is 0 Å². The number of benzene rings is 5. The lowest BCUT2D eigenvalue weighted by Crippen LogP contribution is -2.07. The average Bonchev–Trinajstić information content (AvgIpc) is 3.59. The van der Waals surface area contributed by atoms with Crippen molar-refractivity contribution in [3.63, 3.8) is 0 Å². The Kier molecular flexibility index (Phi) is 8.34. The molecule has 0 spiro atoms. The molecule has 0 bridgehead atoms. The van der Waals surface area contributed by atoms with Crippen LogP contribution in [0.5, 0.6) is 0 Å². The number of allylic oxidation sites excluding steroid dienone is 10. The molecule has 0 saturated heterocycles. The summed E-state index contributed by atoms with van der Waals surface area (Å²) in [5, 5.41) is 4.52. The fourth-order valence-electron chi connectivity index (χ4n) is 7.53. The third-order valence-electron chi connectivity index (χ3n) is 10.1. The molecule has 0 aliphatic heterocycles. The first-order chi connectivity index (χ1) is 25.7. The number of nitrogens with zero attached hydrogens (tertiary/aromatic N) is 3. The Morgan fingerprint density at radius 1 is 0.769 bits per heavy atom. The minimum Gasteiger partial charge on any atom is -0.456 e. The summed E-state index contributed by atoms with van der Waals surface area (Å²) in [6, 6.07) is 36.2. The molecule has 52 heavy (non-hydrogen) atoms. The van der Waals surface area contributed by atoms with Crippen LogP contribution < -0.4 is 0 Å². The van der Waals surface area contributed by atoms with Gasteiger partial charge >= 0.3 is 0 Å². The van der Waals surface area contributed by atoms with E-state index in [-0.39, 0.29) is 0 Å². The molecule has 7 aromatic rings. The number of aryl methyl sites for hydroxylation is 1. The molecule has 0 saturated carbocycles. The summed E-state index contributed by atoms with van der Waals surface area (Å²) in [5.41, 5.74) is 11.0. The maximum absolute atomic E-state index is 6.43. The Balaban J connectivity index is 1.19. The molecule has 0 radical (unpaired) electrons. The summed E-state index contributed by atoms with van der Waals surface area (Å²) in [6.07, 6.45) is 21.5. The summed E-state index contributed by atoms with van der Waals surface area (Å²) in [5.74, 6) is 2.07. The summed E-state index contributed by atoms with van der Waals surface area (Å²) < 4.78 is 6.43. The maximum atomic E-state index is 6.43. The van der Waals surface area contributed by atoms with E-state index in [0.717, 1.165) is 75.5 Å². The lowest BCUT2D eigenvalue weighted by atomic mass is 9.85. The van der Waals surface area contributed by atoms with E-state index in [2.05, 4.69) is 140 Å². The number of para-hydroxylation sites is 1. The molecule has 250 valence electrons. The van der Waals surface area contributed by atoms with Crippen LogP contribution in [0.1, 0.15) is 53.2 Å². The molecule has 9 rings (SSSR count). The zero-order valence-corrected chi connectivity index (χ0v) is 28.9. The van der Waals surface area contributed by atoms with Crippen LogP contribution in [0.3, 0.4) is 0 Å². The van der Waals surface area contributed by atoms with E-state index in [0.29, 0.717) is 23.9 Å². The molecule has 0 amide bonds. The summed E-state index contributed by atoms with van der Waals surface area (Å²) >= 11 is 0. The van der Waals surface area contributed by atoms with Crippen LogP contribution in [-0.4, -0.2) is 15.0 Å². The van der Waals surface area contributed by atoms with Crippen molar-refractivity contribution in [2.24, 2.45) is 0 Å². The van der Waals surface area contributed by atoms with E-state index in [1.54, 1.807) is 0 Å². The number of aromatic nitrogens is 3. The van der Waals surface area contributed by atoms with Crippen LogP contribution in [0.4, 0.5) is 0 Å². The third kappa shape index (κ3) is 6.03. The standard InChI is InChI=1S/C48H37N3O/c1-2-13-32(38-26-24-33-14-6-8-18-36(33)30-38)20-12-23-44-49-47(35-16-4-3-5-17-35)51-48(50-44)46-40(39-27-25-34-15-7-9-19-37(34)31-39)28-29-43-45(46)41-21-10-11-22-42(41)52-43/h2,4,6-22,24,26,28-31H,1,3,5,23,25,27H2/b20-12-,32-13+. The number of rotatable bonds is 8. The van der Waals surface area contributed by atoms with E-state index in [4.69, 9.17) is 19.4 Å². The number of hydrogen-bond acceptors (Lipinski definition) is 4. The van der Waals surface area contributed by atoms with E-state index in [9.17, 15) is 0 Å². The molecule has 0 fully saturated rings. The Labute approximate surface area is 303 Å². The van der Waals surface area contributed by atoms with Gasteiger partial charge in [0.2, 0.25) is 0 Å². The van der Waals surface area contributed by atoms with Gasteiger partial charge in [0.05, 0.1) is 0 Å². The molecule has 0 unspecified atom stereocenters. The second-order valence-electron chi connectivity index (χ2n) is 13.4. The fraction of sp³-hybridized carbons (Fsp3) is 0.104. The van der Waals surface area contributed by atoms with Gasteiger partial charge in [0, 0.05) is 28.3 Å². The minimum atomic E-state index is 0.537. The van der Waals surface area contributed by atoms with Crippen LogP contribution in [-0.2, 0) is 12.8 Å². The van der Waals surface area contributed by atoms with Gasteiger partial charge in [-0.1, -0.05) is 140 Å². The zero-order valence-electron chi connectivity index (χ0n) is 28.9. The summed E-state index contributed by atoms with van der Waals surface area (Å²) in [7, 11) is 0. The molecule has 0 N–H and O–H groups in total. The van der Waals surface area contributed by atoms with Crippen molar-refractivity contribution in [1.29, 1.82) is 0 Å². The smallest absolute Gasteiger partial charge is 0.165 e. The minimum absolute atomic E-state index is 0.537. The van der Waals surface area contributed by atoms with Crippen molar-refractivity contribution in [3.05, 3.63) is 186 Å². The Bertz CT molecular complexity index is 2680. The lowest BCUT2D eigenvalue weighted by molar-refractivity contribution is 0.669. The molecule has 2 aliphatic carbocycles. The van der Waals surface area contributed by atoms with E-state index < -0.39 is 0 Å². The van der Waals surface area contributed by atoms with Crippen LogP contribution >= 0.6 is 0 Å². The quantitative estimate of drug-likeness (QED) is 0.151. The Morgan fingerprint density at radius 2 is 1.62 bits per heavy atom. The largest absolute Gasteiger partial charge is 0.456 e. The highest BCUT2D eigenvalue weighted by molar-refractivity contribution is 6.14. The summed E-state index contributed by atoms with van der Waals surface area (Å²) in [6.45, 7) is 4.00. The molecule has 2 aliphatic rings. The highest BCUT2D eigenvalue weighted by Gasteiger charge is 2.24. The Morgan fingerprint density at radius 3 is 2.52 bits per heavy atom. The first-order valence-electron chi connectivity index (χ1n) is 18.1. The predicted molar refractivity (Wildman–Crippen MR) is 216 cm³/mol. The van der Waals surface area contributed by atoms with Crippen molar-refractivity contribution in [2.45, 2.75) is 32.1 Å². The van der Waals surface area contributed by atoms with Gasteiger partial charge in [-0.3, -0.25) is 0 Å². The normalized spacial score (nSPS) is 14.6. The van der Waals surface area contributed by atoms with Gasteiger partial charge in [-0.25, -0.2) is 15.0 Å². The van der Waals surface area contributed by atoms with Gasteiger partial charge in [-0.15, -0.1) is 0 Å². The van der Waals surface area contributed by atoms with Crippen molar-refractivity contribution in [3.8, 4) is 11.4 Å². The van der Waals surface area contributed by atoms with Gasteiger partial charge in [-0.2, -0.15) is 0 Å². The van der Waals surface area contributed by atoms with Gasteiger partial charge in [-0.05, 0) is 88.1 Å². The van der Waals surface area contributed by atoms with Crippen molar-refractivity contribution < 1.29 is 4.42 Å². The van der Waals surface area contributed by atoms with E-state index in [1.807, 2.05) is 18.2 Å². The predicted octanol–water partition coefficient (Wildman–Crippen LogP) is 12.2. The average molecular weight is 672 g/mol. The van der Waals surface area contributed by atoms with Crippen LogP contribution in [0.25, 0.3) is 66.9 Å². The molecule has 2 aromatic heterocycles. The second kappa shape index (κ2) is 13.7. The molecule has 2 heterocycles. The number of fused-ring (bicyclic) bond motifs is 5. The highest BCUT2D eigenvalue weighted by atomic mass is 16.3. The van der Waals surface area contributed by atoms with Gasteiger partial charge in [0.15, 0.2) is 11.6 Å². The number of furan rings is 1. The third-order valence-corrected chi connectivity index (χ3v) is 10.1. The van der Waals surface area contributed by atoms with E-state index >= 15 is 0 Å². The SMILES string of the molecule is C=C/C=C(\C=C/Cc1nc(C2=CCCC=C2)nc(-c2c(C3=Cc4ccccc4CC3)ccc3oc4ccccc4c23)n1)c1ccc2ccccc2c1. The topological polar surface area (TPSA) is 51.8 Å². The van der Waals surface area contributed by atoms with Crippen LogP contribution in [0, 0.1) is 0 Å².